The molecule has 1 N–H and O–H groups in total. The molecule has 2 aromatic carbocycles. The number of hydrogen-bond donors (Lipinski definition) is 1. The summed E-state index contributed by atoms with van der Waals surface area (Å²) in [6, 6.07) is 14.7. The average molecular weight is 618 g/mol. The molecule has 2 amide bonds. The van der Waals surface area contributed by atoms with Crippen molar-refractivity contribution in [1.29, 1.82) is 0 Å². The summed E-state index contributed by atoms with van der Waals surface area (Å²) in [7, 11) is 0. The van der Waals surface area contributed by atoms with Crippen LogP contribution in [0.25, 0.3) is 0 Å². The summed E-state index contributed by atoms with van der Waals surface area (Å²) >= 11 is 1.28. The third-order valence-corrected chi connectivity index (χ3v) is 9.05. The Hall–Kier alpha value is -4.25. The lowest BCUT2D eigenvalue weighted by Crippen LogP contribution is -2.46. The number of carbonyl (C=O) groups is 4. The van der Waals surface area contributed by atoms with Crippen molar-refractivity contribution in [3.05, 3.63) is 81.8 Å². The van der Waals surface area contributed by atoms with Gasteiger partial charge in [-0.05, 0) is 73.9 Å². The van der Waals surface area contributed by atoms with Gasteiger partial charge >= 0.3 is 11.9 Å². The molecule has 3 fully saturated rings. The van der Waals surface area contributed by atoms with Crippen molar-refractivity contribution in [2.75, 3.05) is 19.7 Å². The fourth-order valence-corrected chi connectivity index (χ4v) is 6.25. The standard InChI is InChI=1S/C33H35N3O7S/c1-20(35-30(38)31-34-14-16-44-31)29(23-8-6-22(7-9-23)21-4-5-21)42-26-12-10-24(11-13-26)33(40)43-27-3-2-15-36(18-27)32(39)25-17-28(37)41-19-25/h6-14,16,20-21,25,27,29H,2-5,15,17-19H2,1H3,(H,35,38)/t20-,25+,27-,29-/m0/s1. The van der Waals surface area contributed by atoms with E-state index in [0.29, 0.717) is 48.2 Å². The molecule has 1 aromatic heterocycles. The molecule has 3 aromatic rings. The number of hydrogen-bond acceptors (Lipinski definition) is 9. The summed E-state index contributed by atoms with van der Waals surface area (Å²) < 4.78 is 17.1. The Labute approximate surface area is 259 Å². The van der Waals surface area contributed by atoms with E-state index >= 15 is 0 Å². The van der Waals surface area contributed by atoms with Crippen LogP contribution < -0.4 is 10.1 Å². The maximum atomic E-state index is 13.0. The lowest BCUT2D eigenvalue weighted by molar-refractivity contribution is -0.139. The van der Waals surface area contributed by atoms with Gasteiger partial charge in [0.05, 0.1) is 30.5 Å². The predicted molar refractivity (Wildman–Crippen MR) is 161 cm³/mol. The maximum Gasteiger partial charge on any atom is 0.338 e. The first-order chi connectivity index (χ1) is 21.3. The number of likely N-dealkylation sites (tertiary alicyclic amines) is 1. The molecule has 1 aliphatic carbocycles. The Balaban J connectivity index is 1.09. The van der Waals surface area contributed by atoms with E-state index in [1.165, 1.54) is 29.7 Å². The highest BCUT2D eigenvalue weighted by Crippen LogP contribution is 2.40. The van der Waals surface area contributed by atoms with E-state index in [4.69, 9.17) is 14.2 Å². The number of ether oxygens (including phenoxy) is 3. The molecule has 2 aliphatic heterocycles. The van der Waals surface area contributed by atoms with Gasteiger partial charge in [-0.1, -0.05) is 24.3 Å². The third kappa shape index (κ3) is 7.10. The zero-order valence-corrected chi connectivity index (χ0v) is 25.3. The van der Waals surface area contributed by atoms with Gasteiger partial charge in [0, 0.05) is 18.1 Å². The largest absolute Gasteiger partial charge is 0.484 e. The number of piperidine rings is 1. The predicted octanol–water partition coefficient (Wildman–Crippen LogP) is 4.67. The number of carbonyl (C=O) groups excluding carboxylic acids is 4. The molecule has 6 rings (SSSR count). The number of thiazole rings is 1. The summed E-state index contributed by atoms with van der Waals surface area (Å²) in [5, 5.41) is 5.16. The summed E-state index contributed by atoms with van der Waals surface area (Å²) in [5.74, 6) is -0.532. The summed E-state index contributed by atoms with van der Waals surface area (Å²) in [5.41, 5.74) is 2.60. The first kappa shape index (κ1) is 29.8. The van der Waals surface area contributed by atoms with Crippen LogP contribution in [0.4, 0.5) is 0 Å². The van der Waals surface area contributed by atoms with Gasteiger partial charge in [0.25, 0.3) is 5.91 Å². The molecule has 0 spiro atoms. The van der Waals surface area contributed by atoms with Crippen LogP contribution in [-0.2, 0) is 19.1 Å². The van der Waals surface area contributed by atoms with Gasteiger partial charge in [-0.15, -0.1) is 11.3 Å². The van der Waals surface area contributed by atoms with Gasteiger partial charge < -0.3 is 24.4 Å². The van der Waals surface area contributed by atoms with Gasteiger partial charge in [0.15, 0.2) is 5.01 Å². The molecule has 1 saturated carbocycles. The van der Waals surface area contributed by atoms with E-state index in [1.807, 2.05) is 19.1 Å². The first-order valence-electron chi connectivity index (χ1n) is 15.1. The summed E-state index contributed by atoms with van der Waals surface area (Å²) in [6.07, 6.45) is 4.56. The van der Waals surface area contributed by atoms with Crippen LogP contribution >= 0.6 is 11.3 Å². The number of benzene rings is 2. The summed E-state index contributed by atoms with van der Waals surface area (Å²) in [4.78, 5) is 55.8. The van der Waals surface area contributed by atoms with E-state index in [0.717, 1.165) is 5.56 Å². The quantitative estimate of drug-likeness (QED) is 0.326. The molecule has 0 bridgehead atoms. The van der Waals surface area contributed by atoms with Crippen molar-refractivity contribution in [2.24, 2.45) is 5.92 Å². The third-order valence-electron chi connectivity index (χ3n) is 8.28. The second kappa shape index (κ2) is 13.2. The van der Waals surface area contributed by atoms with Gasteiger partial charge in [-0.25, -0.2) is 9.78 Å². The van der Waals surface area contributed by atoms with E-state index in [9.17, 15) is 19.2 Å². The van der Waals surface area contributed by atoms with Crippen molar-refractivity contribution in [3.63, 3.8) is 0 Å². The molecule has 3 aliphatic rings. The number of nitrogens with zero attached hydrogens (tertiary/aromatic N) is 2. The lowest BCUT2D eigenvalue weighted by atomic mass is 10.00. The molecule has 11 heteroatoms. The number of aromatic nitrogens is 1. The molecular weight excluding hydrogens is 582 g/mol. The molecule has 3 heterocycles. The van der Waals surface area contributed by atoms with Crippen molar-refractivity contribution >= 4 is 35.1 Å². The number of rotatable bonds is 10. The van der Waals surface area contributed by atoms with Crippen LogP contribution in [0.1, 0.15) is 82.3 Å². The second-order valence-corrected chi connectivity index (χ2v) is 12.5. The van der Waals surface area contributed by atoms with Crippen LogP contribution in [-0.4, -0.2) is 65.5 Å². The zero-order chi connectivity index (χ0) is 30.6. The minimum atomic E-state index is -0.490. The second-order valence-electron chi connectivity index (χ2n) is 11.6. The van der Waals surface area contributed by atoms with E-state index in [1.54, 1.807) is 40.7 Å². The Bertz CT molecular complexity index is 1490. The van der Waals surface area contributed by atoms with Crippen LogP contribution in [0.2, 0.25) is 0 Å². The maximum absolute atomic E-state index is 13.0. The van der Waals surface area contributed by atoms with E-state index in [2.05, 4.69) is 22.4 Å². The van der Waals surface area contributed by atoms with Crippen molar-refractivity contribution < 1.29 is 33.4 Å². The van der Waals surface area contributed by atoms with Crippen LogP contribution in [0.5, 0.6) is 5.75 Å². The smallest absolute Gasteiger partial charge is 0.338 e. The minimum absolute atomic E-state index is 0.0951. The molecule has 44 heavy (non-hydrogen) atoms. The van der Waals surface area contributed by atoms with Crippen molar-refractivity contribution in [3.8, 4) is 5.75 Å². The molecule has 230 valence electrons. The number of esters is 2. The first-order valence-corrected chi connectivity index (χ1v) is 15.9. The average Bonchev–Trinajstić information content (AvgIpc) is 3.55. The highest BCUT2D eigenvalue weighted by Gasteiger charge is 2.36. The van der Waals surface area contributed by atoms with Gasteiger partial charge in [0.1, 0.15) is 24.6 Å². The monoisotopic (exact) mass is 617 g/mol. The fourth-order valence-electron chi connectivity index (χ4n) is 5.71. The normalized spacial score (nSPS) is 21.2. The molecule has 4 atom stereocenters. The van der Waals surface area contributed by atoms with E-state index < -0.39 is 24.1 Å². The molecular formula is C33H35N3O7S. The zero-order valence-electron chi connectivity index (χ0n) is 24.5. The molecule has 0 radical (unpaired) electrons. The number of cyclic esters (lactones) is 1. The van der Waals surface area contributed by atoms with Crippen LogP contribution in [0.15, 0.2) is 60.1 Å². The minimum Gasteiger partial charge on any atom is -0.484 e. The van der Waals surface area contributed by atoms with Crippen molar-refractivity contribution in [2.45, 2.75) is 63.2 Å². The van der Waals surface area contributed by atoms with Gasteiger partial charge in [-0.3, -0.25) is 14.4 Å². The molecule has 0 unspecified atom stereocenters. The molecule has 2 saturated heterocycles. The Morgan fingerprint density at radius 3 is 2.50 bits per heavy atom. The Kier molecular flexibility index (Phi) is 8.92. The molecule has 10 nitrogen and oxygen atoms in total. The highest BCUT2D eigenvalue weighted by atomic mass is 32.1. The number of amides is 2. The van der Waals surface area contributed by atoms with Crippen LogP contribution in [0.3, 0.4) is 0 Å². The Morgan fingerprint density at radius 2 is 1.84 bits per heavy atom. The fraction of sp³-hybridized carbons (Fsp3) is 0.424. The van der Waals surface area contributed by atoms with Gasteiger partial charge in [-0.2, -0.15) is 0 Å². The van der Waals surface area contributed by atoms with Crippen molar-refractivity contribution in [1.82, 2.24) is 15.2 Å². The topological polar surface area (TPSA) is 124 Å². The lowest BCUT2D eigenvalue weighted by Gasteiger charge is -2.33. The summed E-state index contributed by atoms with van der Waals surface area (Å²) in [6.45, 7) is 2.86. The highest BCUT2D eigenvalue weighted by molar-refractivity contribution is 7.11. The van der Waals surface area contributed by atoms with Gasteiger partial charge in [0.2, 0.25) is 5.91 Å². The number of nitrogens with one attached hydrogen (secondary N) is 1. The van der Waals surface area contributed by atoms with E-state index in [-0.39, 0.29) is 36.9 Å². The van der Waals surface area contributed by atoms with Crippen LogP contribution in [0, 0.1) is 5.92 Å². The SMILES string of the molecule is C[C@H](NC(=O)c1nccs1)[C@H](Oc1ccc(C(=O)O[C@H]2CCCN(C(=O)[C@H]3COC(=O)C3)C2)cc1)c1ccc(C2CC2)cc1. The Morgan fingerprint density at radius 1 is 1.07 bits per heavy atom.